The minimum absolute atomic E-state index is 0.120. The third-order valence-electron chi connectivity index (χ3n) is 7.08. The number of aliphatic carboxylic acids is 1. The van der Waals surface area contributed by atoms with Crippen LogP contribution < -0.4 is 10.9 Å². The second-order valence-electron chi connectivity index (χ2n) is 9.28. The van der Waals surface area contributed by atoms with E-state index in [4.69, 9.17) is 16.0 Å². The second kappa shape index (κ2) is 6.62. The van der Waals surface area contributed by atoms with Gasteiger partial charge < -0.3 is 14.8 Å². The predicted octanol–water partition coefficient (Wildman–Crippen LogP) is 3.87. The first-order valence-corrected chi connectivity index (χ1v) is 10.5. The monoisotopic (exact) mass is 417 g/mol. The number of nitrogens with one attached hydrogen (secondary N) is 1. The summed E-state index contributed by atoms with van der Waals surface area (Å²) in [7, 11) is 0. The van der Waals surface area contributed by atoms with Crippen molar-refractivity contribution >= 4 is 23.3 Å². The van der Waals surface area contributed by atoms with Crippen LogP contribution in [0.2, 0.25) is 5.02 Å². The van der Waals surface area contributed by atoms with Crippen molar-refractivity contribution in [2.24, 2.45) is 17.3 Å². The molecule has 7 nitrogen and oxygen atoms in total. The molecule has 4 fully saturated rings. The van der Waals surface area contributed by atoms with E-state index in [9.17, 15) is 14.7 Å². The van der Waals surface area contributed by atoms with Crippen LogP contribution in [0.4, 0.5) is 5.69 Å². The first-order valence-electron chi connectivity index (χ1n) is 10.1. The summed E-state index contributed by atoms with van der Waals surface area (Å²) >= 11 is 6.44. The lowest BCUT2D eigenvalue weighted by atomic mass is 9.46. The lowest BCUT2D eigenvalue weighted by molar-refractivity contribution is -0.151. The molecule has 2 heterocycles. The highest BCUT2D eigenvalue weighted by atomic mass is 35.5. The molecule has 4 bridgehead atoms. The molecule has 4 aliphatic carbocycles. The fourth-order valence-electron chi connectivity index (χ4n) is 6.67. The Morgan fingerprint density at radius 1 is 1.34 bits per heavy atom. The molecule has 4 saturated carbocycles. The van der Waals surface area contributed by atoms with Gasteiger partial charge in [-0.05, 0) is 67.9 Å². The molecule has 0 aromatic carbocycles. The molecule has 4 aliphatic rings. The Hall–Kier alpha value is -2.28. The standard InChI is InChI=1S/C21H24ClN3O4/c22-18-16(23-10-15-2-1-3-29-15)11-24-25(19(18)28)21-7-13-4-14(8-21)6-20(5-13,12-21)9-17(26)27/h1-3,11,13-14,23H,4-10,12H2,(H,26,27)/t13-,14+,20?,21?. The summed E-state index contributed by atoms with van der Waals surface area (Å²) in [6.07, 6.45) is 8.86. The van der Waals surface area contributed by atoms with Gasteiger partial charge in [0.15, 0.2) is 0 Å². The van der Waals surface area contributed by atoms with E-state index in [1.165, 1.54) is 0 Å². The number of carbonyl (C=O) groups is 1. The normalized spacial score (nSPS) is 32.4. The Kier molecular flexibility index (Phi) is 4.28. The van der Waals surface area contributed by atoms with Crippen molar-refractivity contribution in [1.82, 2.24) is 9.78 Å². The van der Waals surface area contributed by atoms with Crippen LogP contribution >= 0.6 is 11.6 Å². The number of carboxylic acid groups (broad SMARTS) is 1. The predicted molar refractivity (Wildman–Crippen MR) is 107 cm³/mol. The summed E-state index contributed by atoms with van der Waals surface area (Å²) in [5, 5.41) is 17.2. The molecule has 2 aromatic rings. The molecule has 4 atom stereocenters. The highest BCUT2D eigenvalue weighted by Crippen LogP contribution is 2.65. The number of aromatic nitrogens is 2. The molecule has 2 aromatic heterocycles. The van der Waals surface area contributed by atoms with Crippen LogP contribution in [0.15, 0.2) is 33.8 Å². The van der Waals surface area contributed by atoms with E-state index in [0.717, 1.165) is 37.9 Å². The molecule has 0 saturated heterocycles. The number of furan rings is 1. The average Bonchev–Trinajstić information content (AvgIpc) is 3.14. The van der Waals surface area contributed by atoms with Gasteiger partial charge in [0.25, 0.3) is 5.56 Å². The van der Waals surface area contributed by atoms with Gasteiger partial charge in [0.2, 0.25) is 0 Å². The molecule has 29 heavy (non-hydrogen) atoms. The first kappa shape index (κ1) is 18.7. The highest BCUT2D eigenvalue weighted by Gasteiger charge is 2.59. The molecule has 6 rings (SSSR count). The van der Waals surface area contributed by atoms with Gasteiger partial charge in [-0.3, -0.25) is 9.59 Å². The fourth-order valence-corrected chi connectivity index (χ4v) is 6.86. The maximum Gasteiger partial charge on any atom is 0.303 e. The van der Waals surface area contributed by atoms with Crippen molar-refractivity contribution in [3.8, 4) is 0 Å². The van der Waals surface area contributed by atoms with Crippen LogP contribution in [-0.4, -0.2) is 20.9 Å². The van der Waals surface area contributed by atoms with Crippen molar-refractivity contribution < 1.29 is 14.3 Å². The average molecular weight is 418 g/mol. The van der Waals surface area contributed by atoms with Crippen molar-refractivity contribution in [3.63, 3.8) is 0 Å². The summed E-state index contributed by atoms with van der Waals surface area (Å²) in [4.78, 5) is 24.7. The van der Waals surface area contributed by atoms with E-state index < -0.39 is 11.5 Å². The number of carboxylic acids is 1. The maximum absolute atomic E-state index is 13.2. The topological polar surface area (TPSA) is 97.4 Å². The van der Waals surface area contributed by atoms with E-state index >= 15 is 0 Å². The molecular weight excluding hydrogens is 394 g/mol. The Labute approximate surface area is 173 Å². The lowest BCUT2D eigenvalue weighted by Gasteiger charge is -2.61. The second-order valence-corrected chi connectivity index (χ2v) is 9.66. The van der Waals surface area contributed by atoms with Crippen molar-refractivity contribution in [3.05, 3.63) is 45.7 Å². The largest absolute Gasteiger partial charge is 0.481 e. The van der Waals surface area contributed by atoms with E-state index in [-0.39, 0.29) is 22.4 Å². The van der Waals surface area contributed by atoms with Gasteiger partial charge >= 0.3 is 5.97 Å². The van der Waals surface area contributed by atoms with Crippen molar-refractivity contribution in [1.29, 1.82) is 0 Å². The first-order chi connectivity index (χ1) is 13.9. The molecule has 0 spiro atoms. The zero-order valence-corrected chi connectivity index (χ0v) is 16.8. The Morgan fingerprint density at radius 3 is 2.76 bits per heavy atom. The van der Waals surface area contributed by atoms with Gasteiger partial charge in [-0.25, -0.2) is 4.68 Å². The zero-order valence-electron chi connectivity index (χ0n) is 16.1. The number of hydrogen-bond acceptors (Lipinski definition) is 5. The van der Waals surface area contributed by atoms with E-state index in [2.05, 4.69) is 10.4 Å². The van der Waals surface area contributed by atoms with Crippen LogP contribution in [-0.2, 0) is 16.9 Å². The zero-order chi connectivity index (χ0) is 20.2. The minimum atomic E-state index is -0.752. The van der Waals surface area contributed by atoms with Gasteiger partial charge in [0.05, 0.1) is 36.7 Å². The summed E-state index contributed by atoms with van der Waals surface area (Å²) in [5.74, 6) is 0.902. The molecular formula is C21H24ClN3O4. The number of hydrogen-bond donors (Lipinski definition) is 2. The molecule has 8 heteroatoms. The number of nitrogens with zero attached hydrogens (tertiary/aromatic N) is 2. The van der Waals surface area contributed by atoms with Crippen molar-refractivity contribution in [2.45, 2.75) is 57.0 Å². The van der Waals surface area contributed by atoms with Crippen LogP contribution in [0.1, 0.15) is 50.7 Å². The van der Waals surface area contributed by atoms with Crippen molar-refractivity contribution in [2.75, 3.05) is 5.32 Å². The van der Waals surface area contributed by atoms with Gasteiger partial charge in [-0.1, -0.05) is 11.6 Å². The molecule has 154 valence electrons. The van der Waals surface area contributed by atoms with Gasteiger partial charge in [0.1, 0.15) is 10.8 Å². The Bertz CT molecular complexity index is 986. The summed E-state index contributed by atoms with van der Waals surface area (Å²) < 4.78 is 6.87. The van der Waals surface area contributed by atoms with Gasteiger partial charge in [-0.15, -0.1) is 0 Å². The number of anilines is 1. The summed E-state index contributed by atoms with van der Waals surface area (Å²) in [5.41, 5.74) is -0.461. The van der Waals surface area contributed by atoms with Crippen LogP contribution in [0.25, 0.3) is 0 Å². The third-order valence-corrected chi connectivity index (χ3v) is 7.44. The molecule has 0 aliphatic heterocycles. The van der Waals surface area contributed by atoms with Crippen LogP contribution in [0.5, 0.6) is 0 Å². The van der Waals surface area contributed by atoms with Gasteiger partial charge in [0, 0.05) is 0 Å². The van der Waals surface area contributed by atoms with Crippen LogP contribution in [0, 0.1) is 17.3 Å². The number of rotatable bonds is 6. The third kappa shape index (κ3) is 3.16. The molecule has 0 amide bonds. The minimum Gasteiger partial charge on any atom is -0.481 e. The van der Waals surface area contributed by atoms with Gasteiger partial charge in [-0.2, -0.15) is 5.10 Å². The SMILES string of the molecule is O=C(O)CC12C[C@H]3C[C@@H](C1)CC(n1ncc(NCc4ccco4)c(Cl)c1=O)(C3)C2. The molecule has 2 unspecified atom stereocenters. The molecule has 0 radical (unpaired) electrons. The Morgan fingerprint density at radius 2 is 2.10 bits per heavy atom. The maximum atomic E-state index is 13.2. The summed E-state index contributed by atoms with van der Waals surface area (Å²) in [6.45, 7) is 0.412. The smallest absolute Gasteiger partial charge is 0.303 e. The quantitative estimate of drug-likeness (QED) is 0.740. The highest BCUT2D eigenvalue weighted by molar-refractivity contribution is 6.32. The number of halogens is 1. The summed E-state index contributed by atoms with van der Waals surface area (Å²) in [6, 6.07) is 3.64. The lowest BCUT2D eigenvalue weighted by Crippen LogP contribution is -2.59. The van der Waals surface area contributed by atoms with E-state index in [1.54, 1.807) is 23.2 Å². The molecule has 2 N–H and O–H groups in total. The van der Waals surface area contributed by atoms with Crippen LogP contribution in [0.3, 0.4) is 0 Å². The Balaban J connectivity index is 1.46. The van der Waals surface area contributed by atoms with E-state index in [1.807, 2.05) is 6.07 Å². The fraction of sp³-hybridized carbons (Fsp3) is 0.571. The van der Waals surface area contributed by atoms with E-state index in [0.29, 0.717) is 30.5 Å².